The Balaban J connectivity index is 1.77. The minimum atomic E-state index is -0.625. The summed E-state index contributed by atoms with van der Waals surface area (Å²) in [5.41, 5.74) is 1.76. The molecule has 0 radical (unpaired) electrons. The van der Waals surface area contributed by atoms with E-state index in [4.69, 9.17) is 4.74 Å². The maximum Gasteiger partial charge on any atom is 0.282 e. The highest BCUT2D eigenvalue weighted by Gasteiger charge is 2.29. The van der Waals surface area contributed by atoms with Crippen molar-refractivity contribution in [2.75, 3.05) is 37.9 Å². The van der Waals surface area contributed by atoms with Gasteiger partial charge in [0.1, 0.15) is 10.6 Å². The van der Waals surface area contributed by atoms with Gasteiger partial charge in [0.15, 0.2) is 0 Å². The average molecular weight is 498 g/mol. The van der Waals surface area contributed by atoms with Crippen LogP contribution in [0.1, 0.15) is 26.3 Å². The minimum Gasteiger partial charge on any atom is -0.378 e. The molecule has 4 rings (SSSR count). The largest absolute Gasteiger partial charge is 0.378 e. The predicted molar refractivity (Wildman–Crippen MR) is 134 cm³/mol. The number of nitrogens with one attached hydrogen (secondary N) is 1. The van der Waals surface area contributed by atoms with Gasteiger partial charge < -0.3 is 15.0 Å². The van der Waals surface area contributed by atoms with Gasteiger partial charge >= 0.3 is 0 Å². The van der Waals surface area contributed by atoms with Crippen LogP contribution >= 0.6 is 23.1 Å². The lowest BCUT2D eigenvalue weighted by Gasteiger charge is -2.27. The lowest BCUT2D eigenvalue weighted by molar-refractivity contribution is -0.385. The topological polar surface area (TPSA) is 102 Å². The molecule has 0 atom stereocenters. The maximum absolute atomic E-state index is 13.5. The van der Waals surface area contributed by atoms with Crippen molar-refractivity contribution in [3.05, 3.63) is 75.3 Å². The smallest absolute Gasteiger partial charge is 0.282 e. The summed E-state index contributed by atoms with van der Waals surface area (Å²) in [5, 5.41) is 14.7. The number of benzene rings is 2. The first-order valence-corrected chi connectivity index (χ1v) is 12.6. The lowest BCUT2D eigenvalue weighted by Crippen LogP contribution is -2.41. The zero-order chi connectivity index (χ0) is 24.2. The summed E-state index contributed by atoms with van der Waals surface area (Å²) in [7, 11) is 0. The number of anilines is 1. The number of carbonyl (C=O) groups is 2. The molecular weight excluding hydrogens is 474 g/mol. The molecule has 10 heteroatoms. The number of rotatable bonds is 6. The SMILES string of the molecule is CSc1ccc([N+](=O)[O-])c(C(=O)Nc2sc(-c3ccccc3)c(C)c2C(=O)N2CCOCC2)c1. The number of amides is 2. The molecule has 1 N–H and O–H groups in total. The van der Waals surface area contributed by atoms with Crippen molar-refractivity contribution in [2.24, 2.45) is 0 Å². The number of nitrogens with zero attached hydrogens (tertiary/aromatic N) is 2. The molecule has 176 valence electrons. The van der Waals surface area contributed by atoms with Crippen LogP contribution < -0.4 is 5.32 Å². The van der Waals surface area contributed by atoms with Crippen LogP contribution in [0.2, 0.25) is 0 Å². The van der Waals surface area contributed by atoms with E-state index in [1.165, 1.54) is 35.2 Å². The Bertz CT molecular complexity index is 1240. The van der Waals surface area contributed by atoms with Gasteiger partial charge in [-0.25, -0.2) is 0 Å². The molecule has 0 aliphatic carbocycles. The fraction of sp³-hybridized carbons (Fsp3) is 0.250. The van der Waals surface area contributed by atoms with E-state index in [-0.39, 0.29) is 17.2 Å². The predicted octanol–water partition coefficient (Wildman–Crippen LogP) is 5.08. The first-order chi connectivity index (χ1) is 16.4. The number of hydrogen-bond donors (Lipinski definition) is 1. The van der Waals surface area contributed by atoms with Gasteiger partial charge in [0.2, 0.25) is 0 Å². The summed E-state index contributed by atoms with van der Waals surface area (Å²) >= 11 is 2.68. The van der Waals surface area contributed by atoms with Crippen molar-refractivity contribution >= 4 is 45.6 Å². The van der Waals surface area contributed by atoms with Gasteiger partial charge in [-0.3, -0.25) is 19.7 Å². The summed E-state index contributed by atoms with van der Waals surface area (Å²) < 4.78 is 5.37. The molecule has 1 fully saturated rings. The van der Waals surface area contributed by atoms with Crippen LogP contribution in [-0.2, 0) is 4.74 Å². The van der Waals surface area contributed by atoms with E-state index in [2.05, 4.69) is 5.32 Å². The molecule has 1 aromatic heterocycles. The van der Waals surface area contributed by atoms with E-state index in [1.807, 2.05) is 43.5 Å². The van der Waals surface area contributed by atoms with E-state index < -0.39 is 10.8 Å². The van der Waals surface area contributed by atoms with E-state index in [1.54, 1.807) is 11.0 Å². The Labute approximate surface area is 205 Å². The maximum atomic E-state index is 13.5. The van der Waals surface area contributed by atoms with Gasteiger partial charge in [0.05, 0.1) is 23.7 Å². The van der Waals surface area contributed by atoms with Gasteiger partial charge in [0.25, 0.3) is 17.5 Å². The van der Waals surface area contributed by atoms with Crippen LogP contribution in [0.5, 0.6) is 0 Å². The molecule has 0 saturated carbocycles. The Kier molecular flexibility index (Phi) is 7.30. The second-order valence-electron chi connectivity index (χ2n) is 7.63. The van der Waals surface area contributed by atoms with Gasteiger partial charge in [-0.1, -0.05) is 30.3 Å². The Morgan fingerprint density at radius 2 is 1.85 bits per heavy atom. The molecule has 1 aliphatic heterocycles. The fourth-order valence-corrected chi connectivity index (χ4v) is 5.44. The molecule has 8 nitrogen and oxygen atoms in total. The molecule has 0 unspecified atom stereocenters. The normalized spacial score (nSPS) is 13.5. The highest BCUT2D eigenvalue weighted by molar-refractivity contribution is 7.98. The average Bonchev–Trinajstić information content (AvgIpc) is 3.19. The van der Waals surface area contributed by atoms with Crippen LogP contribution in [0.4, 0.5) is 10.7 Å². The van der Waals surface area contributed by atoms with Crippen molar-refractivity contribution in [2.45, 2.75) is 11.8 Å². The Morgan fingerprint density at radius 3 is 2.50 bits per heavy atom. The van der Waals surface area contributed by atoms with Crippen LogP contribution in [0.15, 0.2) is 53.4 Å². The molecule has 2 amide bonds. The zero-order valence-corrected chi connectivity index (χ0v) is 20.3. The van der Waals surface area contributed by atoms with Crippen molar-refractivity contribution < 1.29 is 19.2 Å². The molecule has 0 bridgehead atoms. The third-order valence-corrected chi connectivity index (χ3v) is 7.55. The van der Waals surface area contributed by atoms with E-state index in [9.17, 15) is 19.7 Å². The van der Waals surface area contributed by atoms with E-state index >= 15 is 0 Å². The van der Waals surface area contributed by atoms with Gasteiger partial charge in [-0.15, -0.1) is 23.1 Å². The summed E-state index contributed by atoms with van der Waals surface area (Å²) in [4.78, 5) is 41.0. The Hall–Kier alpha value is -3.21. The van der Waals surface area contributed by atoms with E-state index in [0.717, 1.165) is 20.9 Å². The fourth-order valence-electron chi connectivity index (χ4n) is 3.80. The number of nitro benzene ring substituents is 1. The summed E-state index contributed by atoms with van der Waals surface area (Å²) in [6.45, 7) is 3.69. The number of ether oxygens (including phenoxy) is 1. The number of carbonyl (C=O) groups excluding carboxylic acids is 2. The first-order valence-electron chi connectivity index (χ1n) is 10.6. The minimum absolute atomic E-state index is 0.0473. The van der Waals surface area contributed by atoms with Crippen molar-refractivity contribution in [1.82, 2.24) is 4.90 Å². The summed E-state index contributed by atoms with van der Waals surface area (Å²) in [6.07, 6.45) is 1.83. The second-order valence-corrected chi connectivity index (χ2v) is 9.53. The van der Waals surface area contributed by atoms with Crippen LogP contribution in [0, 0.1) is 17.0 Å². The number of hydrogen-bond acceptors (Lipinski definition) is 7. The van der Waals surface area contributed by atoms with E-state index in [0.29, 0.717) is 36.9 Å². The van der Waals surface area contributed by atoms with Crippen LogP contribution in [0.3, 0.4) is 0 Å². The zero-order valence-electron chi connectivity index (χ0n) is 18.7. The number of morpholine rings is 1. The van der Waals surface area contributed by atoms with Crippen molar-refractivity contribution in [3.63, 3.8) is 0 Å². The standard InChI is InChI=1S/C24H23N3O5S2/c1-15-20(24(29)26-10-12-32-13-11-26)23(34-21(15)16-6-4-3-5-7-16)25-22(28)18-14-17(33-2)8-9-19(18)27(30)31/h3-9,14H,10-13H2,1-2H3,(H,25,28). The second kappa shape index (κ2) is 10.4. The summed E-state index contributed by atoms with van der Waals surface area (Å²) in [5.74, 6) is -0.818. The van der Waals surface area contributed by atoms with Crippen LogP contribution in [-0.4, -0.2) is 54.2 Å². The lowest BCUT2D eigenvalue weighted by atomic mass is 10.1. The van der Waals surface area contributed by atoms with Crippen molar-refractivity contribution in [1.29, 1.82) is 0 Å². The quantitative estimate of drug-likeness (QED) is 0.290. The molecule has 1 saturated heterocycles. The molecular formula is C24H23N3O5S2. The van der Waals surface area contributed by atoms with Gasteiger partial charge in [0, 0.05) is 28.9 Å². The third-order valence-electron chi connectivity index (χ3n) is 5.57. The number of nitro groups is 1. The molecule has 2 aromatic carbocycles. The highest BCUT2D eigenvalue weighted by Crippen LogP contribution is 2.41. The Morgan fingerprint density at radius 1 is 1.15 bits per heavy atom. The molecule has 0 spiro atoms. The number of thioether (sulfide) groups is 1. The molecule has 2 heterocycles. The van der Waals surface area contributed by atoms with Gasteiger partial charge in [-0.05, 0) is 36.4 Å². The van der Waals surface area contributed by atoms with Gasteiger partial charge in [-0.2, -0.15) is 0 Å². The summed E-state index contributed by atoms with van der Waals surface area (Å²) in [6, 6.07) is 14.1. The monoisotopic (exact) mass is 497 g/mol. The van der Waals surface area contributed by atoms with Crippen LogP contribution in [0.25, 0.3) is 10.4 Å². The molecule has 3 aromatic rings. The number of thiophene rings is 1. The first kappa shape index (κ1) is 23.9. The third kappa shape index (κ3) is 4.84. The molecule has 1 aliphatic rings. The molecule has 34 heavy (non-hydrogen) atoms. The highest BCUT2D eigenvalue weighted by atomic mass is 32.2. The van der Waals surface area contributed by atoms with Crippen molar-refractivity contribution in [3.8, 4) is 10.4 Å².